The maximum absolute atomic E-state index is 13.7. The lowest BCUT2D eigenvalue weighted by Crippen LogP contribution is -2.51. The first-order valence-corrected chi connectivity index (χ1v) is 16.3. The summed E-state index contributed by atoms with van der Waals surface area (Å²) in [4.78, 5) is 41.1. The summed E-state index contributed by atoms with van der Waals surface area (Å²) in [5.41, 5.74) is -0.0677. The standard InChI is InChI=1S/C32H35F3N4O7S/c1-20-18-39(21(2)30(41)42)29(40)25-10-7-11-26(37-47(44,45)17-16-22-8-5-4-6-9-22)28(25)46-27(20)19-38(3)31(43)36-24-14-12-23(13-15-24)32(33,34)35/h4-15,20-21,27,37H,16-19H2,1-3H3,(H,36,43)(H,41,42)/t20-,21+,27-/m1/s1. The predicted octanol–water partition coefficient (Wildman–Crippen LogP) is 5.17. The van der Waals surface area contributed by atoms with Gasteiger partial charge in [-0.05, 0) is 55.3 Å². The first-order valence-electron chi connectivity index (χ1n) is 14.6. The number of benzene rings is 3. The number of halogens is 3. The number of sulfonamides is 1. The van der Waals surface area contributed by atoms with E-state index in [-0.39, 0.29) is 48.0 Å². The molecule has 47 heavy (non-hydrogen) atoms. The van der Waals surface area contributed by atoms with Crippen LogP contribution in [0.15, 0.2) is 72.8 Å². The van der Waals surface area contributed by atoms with E-state index in [0.717, 1.165) is 34.7 Å². The van der Waals surface area contributed by atoms with Gasteiger partial charge in [-0.15, -0.1) is 0 Å². The minimum Gasteiger partial charge on any atom is -0.485 e. The monoisotopic (exact) mass is 676 g/mol. The number of aryl methyl sites for hydroxylation is 1. The van der Waals surface area contributed by atoms with Gasteiger partial charge in [0.25, 0.3) is 5.91 Å². The third kappa shape index (κ3) is 8.93. The summed E-state index contributed by atoms with van der Waals surface area (Å²) in [6.45, 7) is 2.85. The molecule has 4 rings (SSSR count). The minimum absolute atomic E-state index is 0.0391. The number of rotatable bonds is 10. The molecular weight excluding hydrogens is 641 g/mol. The maximum Gasteiger partial charge on any atom is 0.416 e. The number of anilines is 2. The molecule has 1 aliphatic rings. The van der Waals surface area contributed by atoms with Crippen molar-refractivity contribution in [2.24, 2.45) is 5.92 Å². The Bertz CT molecular complexity index is 1700. The number of alkyl halides is 3. The molecule has 1 heterocycles. The van der Waals surface area contributed by atoms with E-state index in [1.54, 1.807) is 31.2 Å². The van der Waals surface area contributed by atoms with E-state index in [1.165, 1.54) is 37.1 Å². The highest BCUT2D eigenvalue weighted by Gasteiger charge is 2.37. The molecule has 15 heteroatoms. The Labute approximate surface area is 270 Å². The lowest BCUT2D eigenvalue weighted by Gasteiger charge is -2.38. The number of para-hydroxylation sites is 1. The molecule has 252 valence electrons. The quantitative estimate of drug-likeness (QED) is 0.269. The number of nitrogens with zero attached hydrogens (tertiary/aromatic N) is 2. The zero-order valence-corrected chi connectivity index (χ0v) is 26.6. The Morgan fingerprint density at radius 2 is 1.72 bits per heavy atom. The fourth-order valence-electron chi connectivity index (χ4n) is 4.96. The highest BCUT2D eigenvalue weighted by Crippen LogP contribution is 2.36. The normalized spacial score (nSPS) is 17.4. The number of carboxylic acid groups (broad SMARTS) is 1. The van der Waals surface area contributed by atoms with Crippen LogP contribution in [-0.2, 0) is 27.4 Å². The summed E-state index contributed by atoms with van der Waals surface area (Å²) in [6.07, 6.45) is -5.21. The molecule has 3 atom stereocenters. The molecule has 3 N–H and O–H groups in total. The largest absolute Gasteiger partial charge is 0.485 e. The van der Waals surface area contributed by atoms with Gasteiger partial charge < -0.3 is 25.0 Å². The summed E-state index contributed by atoms with van der Waals surface area (Å²) in [6, 6.07) is 15.2. The van der Waals surface area contributed by atoms with Crippen molar-refractivity contribution in [3.63, 3.8) is 0 Å². The van der Waals surface area contributed by atoms with Crippen molar-refractivity contribution in [1.82, 2.24) is 9.80 Å². The Balaban J connectivity index is 1.61. The fraction of sp³-hybridized carbons (Fsp3) is 0.344. The van der Waals surface area contributed by atoms with Crippen molar-refractivity contribution in [3.8, 4) is 5.75 Å². The average molecular weight is 677 g/mol. The molecule has 11 nitrogen and oxygen atoms in total. The van der Waals surface area contributed by atoms with Gasteiger partial charge in [0.15, 0.2) is 5.75 Å². The van der Waals surface area contributed by atoms with Crippen molar-refractivity contribution in [2.45, 2.75) is 38.6 Å². The highest BCUT2D eigenvalue weighted by molar-refractivity contribution is 7.92. The van der Waals surface area contributed by atoms with Gasteiger partial charge in [0.05, 0.1) is 29.1 Å². The molecule has 3 amide bonds. The lowest BCUT2D eigenvalue weighted by molar-refractivity contribution is -0.142. The van der Waals surface area contributed by atoms with Crippen LogP contribution in [-0.4, -0.2) is 79.3 Å². The predicted molar refractivity (Wildman–Crippen MR) is 169 cm³/mol. The number of nitrogens with one attached hydrogen (secondary N) is 2. The smallest absolute Gasteiger partial charge is 0.416 e. The summed E-state index contributed by atoms with van der Waals surface area (Å²) in [7, 11) is -2.53. The van der Waals surface area contributed by atoms with Crippen LogP contribution in [0.4, 0.5) is 29.3 Å². The van der Waals surface area contributed by atoms with Gasteiger partial charge in [0.1, 0.15) is 12.1 Å². The van der Waals surface area contributed by atoms with Gasteiger partial charge in [-0.25, -0.2) is 18.0 Å². The van der Waals surface area contributed by atoms with Crippen LogP contribution >= 0.6 is 0 Å². The average Bonchev–Trinajstić information content (AvgIpc) is 3.01. The molecule has 0 saturated carbocycles. The molecule has 3 aromatic rings. The molecule has 0 saturated heterocycles. The first kappa shape index (κ1) is 35.1. The molecule has 3 aromatic carbocycles. The van der Waals surface area contributed by atoms with Crippen LogP contribution < -0.4 is 14.8 Å². The van der Waals surface area contributed by atoms with Crippen LogP contribution in [0.3, 0.4) is 0 Å². The van der Waals surface area contributed by atoms with E-state index in [0.29, 0.717) is 0 Å². The number of carboxylic acids is 1. The van der Waals surface area contributed by atoms with Gasteiger partial charge in [-0.1, -0.05) is 43.3 Å². The molecule has 0 fully saturated rings. The lowest BCUT2D eigenvalue weighted by atomic mass is 9.99. The number of carbonyl (C=O) groups excluding carboxylic acids is 2. The van der Waals surface area contributed by atoms with Crippen molar-refractivity contribution in [1.29, 1.82) is 0 Å². The SMILES string of the molecule is C[C@@H]1CN([C@@H](C)C(=O)O)C(=O)c2cccc(NS(=O)(=O)CCc3ccccc3)c2O[C@@H]1CN(C)C(=O)Nc1ccc(C(F)(F)F)cc1. The third-order valence-electron chi connectivity index (χ3n) is 7.75. The summed E-state index contributed by atoms with van der Waals surface area (Å²) in [5.74, 6) is -2.91. The molecule has 0 radical (unpaired) electrons. The second-order valence-electron chi connectivity index (χ2n) is 11.3. The zero-order valence-electron chi connectivity index (χ0n) is 25.8. The van der Waals surface area contributed by atoms with E-state index < -0.39 is 57.7 Å². The van der Waals surface area contributed by atoms with Crippen LogP contribution in [0.5, 0.6) is 5.75 Å². The summed E-state index contributed by atoms with van der Waals surface area (Å²) < 4.78 is 73.9. The van der Waals surface area contributed by atoms with Crippen LogP contribution in [0.2, 0.25) is 0 Å². The van der Waals surface area contributed by atoms with E-state index in [2.05, 4.69) is 10.0 Å². The number of aliphatic carboxylic acids is 1. The second-order valence-corrected chi connectivity index (χ2v) is 13.2. The molecule has 0 spiro atoms. The van der Waals surface area contributed by atoms with Crippen LogP contribution in [0, 0.1) is 5.92 Å². The molecule has 0 bridgehead atoms. The van der Waals surface area contributed by atoms with Crippen LogP contribution in [0.25, 0.3) is 0 Å². The summed E-state index contributed by atoms with van der Waals surface area (Å²) >= 11 is 0. The number of ether oxygens (including phenoxy) is 1. The van der Waals surface area contributed by atoms with Crippen molar-refractivity contribution in [3.05, 3.63) is 89.5 Å². The molecule has 0 aliphatic carbocycles. The third-order valence-corrected chi connectivity index (χ3v) is 9.02. The van der Waals surface area contributed by atoms with Crippen molar-refractivity contribution in [2.75, 3.05) is 35.9 Å². The second kappa shape index (κ2) is 14.3. The van der Waals surface area contributed by atoms with E-state index in [9.17, 15) is 41.1 Å². The Hall–Kier alpha value is -4.79. The van der Waals surface area contributed by atoms with Crippen LogP contribution in [0.1, 0.15) is 35.3 Å². The maximum atomic E-state index is 13.7. The van der Waals surface area contributed by atoms with E-state index in [4.69, 9.17) is 4.74 Å². The molecule has 1 aliphatic heterocycles. The number of urea groups is 1. The minimum atomic E-state index is -4.54. The number of hydrogen-bond acceptors (Lipinski definition) is 6. The van der Waals surface area contributed by atoms with Gasteiger partial charge in [-0.2, -0.15) is 13.2 Å². The molecule has 0 aromatic heterocycles. The van der Waals surface area contributed by atoms with Crippen molar-refractivity contribution < 1.29 is 45.8 Å². The Morgan fingerprint density at radius 1 is 1.06 bits per heavy atom. The zero-order chi connectivity index (χ0) is 34.5. The Kier molecular flexibility index (Phi) is 10.7. The highest BCUT2D eigenvalue weighted by atomic mass is 32.2. The van der Waals surface area contributed by atoms with E-state index >= 15 is 0 Å². The summed E-state index contributed by atoms with van der Waals surface area (Å²) in [5, 5.41) is 12.3. The fourth-order valence-corrected chi connectivity index (χ4v) is 6.06. The number of likely N-dealkylation sites (N-methyl/N-ethyl adjacent to an activating group) is 1. The number of carbonyl (C=O) groups is 3. The topological polar surface area (TPSA) is 145 Å². The van der Waals surface area contributed by atoms with Gasteiger partial charge in [-0.3, -0.25) is 9.52 Å². The first-order chi connectivity index (χ1) is 22.1. The number of fused-ring (bicyclic) bond motifs is 1. The van der Waals surface area contributed by atoms with Crippen molar-refractivity contribution >= 4 is 39.3 Å². The molecular formula is C32H35F3N4O7S. The van der Waals surface area contributed by atoms with Gasteiger partial charge in [0, 0.05) is 25.2 Å². The Morgan fingerprint density at radius 3 is 2.34 bits per heavy atom. The number of hydrogen-bond donors (Lipinski definition) is 3. The molecule has 0 unspecified atom stereocenters. The van der Waals surface area contributed by atoms with Gasteiger partial charge >= 0.3 is 18.2 Å². The number of amides is 3. The van der Waals surface area contributed by atoms with E-state index in [1.807, 2.05) is 6.07 Å². The van der Waals surface area contributed by atoms with Gasteiger partial charge in [0.2, 0.25) is 10.0 Å².